The Bertz CT molecular complexity index is 254. The van der Waals surface area contributed by atoms with Gasteiger partial charge in [-0.15, -0.1) is 0 Å². The van der Waals surface area contributed by atoms with E-state index in [4.69, 9.17) is 15.2 Å². The van der Waals surface area contributed by atoms with Crippen molar-refractivity contribution in [1.82, 2.24) is 5.32 Å². The van der Waals surface area contributed by atoms with E-state index in [2.05, 4.69) is 10.3 Å². The number of nitrogens with zero attached hydrogens (tertiary/aromatic N) is 1. The Hall–Kier alpha value is -0.810. The van der Waals surface area contributed by atoms with Crippen molar-refractivity contribution >= 4 is 5.96 Å². The number of hydrogen-bond donors (Lipinski definition) is 2. The average Bonchev–Trinajstić information content (AvgIpc) is 2.48. The fourth-order valence-electron chi connectivity index (χ4n) is 2.34. The Morgan fingerprint density at radius 1 is 1.20 bits per heavy atom. The van der Waals surface area contributed by atoms with E-state index in [-0.39, 0.29) is 0 Å². The highest BCUT2D eigenvalue weighted by atomic mass is 16.5. The van der Waals surface area contributed by atoms with Crippen LogP contribution >= 0.6 is 0 Å². The van der Waals surface area contributed by atoms with Crippen LogP contribution in [0.25, 0.3) is 0 Å². The molecule has 0 aromatic carbocycles. The van der Waals surface area contributed by atoms with Gasteiger partial charge in [-0.1, -0.05) is 19.3 Å². The van der Waals surface area contributed by atoms with Crippen molar-refractivity contribution in [2.24, 2.45) is 10.7 Å². The summed E-state index contributed by atoms with van der Waals surface area (Å²) in [5, 5.41) is 3.12. The lowest BCUT2D eigenvalue weighted by Gasteiger charge is -2.21. The molecule has 0 aromatic rings. The first-order chi connectivity index (χ1) is 9.83. The molecule has 1 saturated carbocycles. The van der Waals surface area contributed by atoms with E-state index in [9.17, 15) is 0 Å². The van der Waals surface area contributed by atoms with Crippen LogP contribution in [0, 0.1) is 0 Å². The summed E-state index contributed by atoms with van der Waals surface area (Å²) in [6.07, 6.45) is 8.88. The van der Waals surface area contributed by atoms with E-state index < -0.39 is 0 Å². The van der Waals surface area contributed by atoms with Crippen molar-refractivity contribution in [2.45, 2.75) is 58.0 Å². The summed E-state index contributed by atoms with van der Waals surface area (Å²) >= 11 is 0. The third-order valence-electron chi connectivity index (χ3n) is 3.47. The first-order valence-electron chi connectivity index (χ1n) is 8.06. The van der Waals surface area contributed by atoms with Gasteiger partial charge in [-0.05, 0) is 32.6 Å². The second kappa shape index (κ2) is 12.0. The normalized spacial score (nSPS) is 17.4. The molecule has 0 spiro atoms. The van der Waals surface area contributed by atoms with Gasteiger partial charge in [0.05, 0.1) is 6.10 Å². The minimum atomic E-state index is 0.494. The van der Waals surface area contributed by atoms with Crippen LogP contribution in [0.15, 0.2) is 4.99 Å². The number of hydrogen-bond acceptors (Lipinski definition) is 3. The van der Waals surface area contributed by atoms with Crippen LogP contribution in [0.3, 0.4) is 0 Å². The van der Waals surface area contributed by atoms with Crippen LogP contribution in [-0.4, -0.2) is 45.0 Å². The van der Waals surface area contributed by atoms with Gasteiger partial charge in [0.2, 0.25) is 0 Å². The highest BCUT2D eigenvalue weighted by molar-refractivity contribution is 5.77. The molecule has 5 nitrogen and oxygen atoms in total. The largest absolute Gasteiger partial charge is 0.382 e. The fourth-order valence-corrected chi connectivity index (χ4v) is 2.34. The zero-order valence-electron chi connectivity index (χ0n) is 12.9. The molecule has 0 aliphatic heterocycles. The van der Waals surface area contributed by atoms with Crippen LogP contribution in [0.5, 0.6) is 0 Å². The second-order valence-electron chi connectivity index (χ2n) is 5.23. The first-order valence-corrected chi connectivity index (χ1v) is 8.06. The van der Waals surface area contributed by atoms with E-state index in [1.54, 1.807) is 0 Å². The molecule has 0 saturated heterocycles. The van der Waals surface area contributed by atoms with Gasteiger partial charge in [0.15, 0.2) is 5.96 Å². The van der Waals surface area contributed by atoms with E-state index in [0.29, 0.717) is 12.1 Å². The molecule has 0 heterocycles. The number of guanidine groups is 1. The lowest BCUT2D eigenvalue weighted by atomic mass is 9.98. The summed E-state index contributed by atoms with van der Waals surface area (Å²) in [4.78, 5) is 4.25. The van der Waals surface area contributed by atoms with Gasteiger partial charge in [0.25, 0.3) is 0 Å². The molecule has 1 rings (SSSR count). The second-order valence-corrected chi connectivity index (χ2v) is 5.23. The summed E-state index contributed by atoms with van der Waals surface area (Å²) in [6, 6.07) is 0. The van der Waals surface area contributed by atoms with Crippen molar-refractivity contribution in [3.05, 3.63) is 0 Å². The molecule has 0 amide bonds. The van der Waals surface area contributed by atoms with Crippen molar-refractivity contribution in [2.75, 3.05) is 32.9 Å². The van der Waals surface area contributed by atoms with Gasteiger partial charge in [-0.2, -0.15) is 0 Å². The molecule has 0 radical (unpaired) electrons. The van der Waals surface area contributed by atoms with Crippen molar-refractivity contribution < 1.29 is 9.47 Å². The van der Waals surface area contributed by atoms with E-state index in [1.807, 2.05) is 6.92 Å². The number of ether oxygens (including phenoxy) is 2. The maximum absolute atomic E-state index is 5.85. The molecule has 1 aliphatic rings. The van der Waals surface area contributed by atoms with Crippen LogP contribution in [0.2, 0.25) is 0 Å². The van der Waals surface area contributed by atoms with Gasteiger partial charge in [0, 0.05) is 32.9 Å². The molecule has 0 aromatic heterocycles. The zero-order valence-corrected chi connectivity index (χ0v) is 12.9. The van der Waals surface area contributed by atoms with E-state index in [1.165, 1.54) is 32.1 Å². The molecule has 1 aliphatic carbocycles. The molecule has 118 valence electrons. The first kappa shape index (κ1) is 17.2. The molecule has 1 fully saturated rings. The summed E-state index contributed by atoms with van der Waals surface area (Å²) in [6.45, 7) is 5.87. The standard InChI is InChI=1S/C15H31N3O2/c1-2-19-12-6-10-17-15(16)18-11-7-13-20-14-8-4-3-5-9-14/h14H,2-13H2,1H3,(H3,16,17,18). The lowest BCUT2D eigenvalue weighted by molar-refractivity contribution is 0.0277. The highest BCUT2D eigenvalue weighted by Gasteiger charge is 2.12. The smallest absolute Gasteiger partial charge is 0.188 e. The lowest BCUT2D eigenvalue weighted by Crippen LogP contribution is -2.33. The Kier molecular flexibility index (Phi) is 10.3. The van der Waals surface area contributed by atoms with E-state index in [0.717, 1.165) is 45.8 Å². The number of rotatable bonds is 10. The predicted octanol–water partition coefficient (Wildman–Crippen LogP) is 2.06. The van der Waals surface area contributed by atoms with Gasteiger partial charge >= 0.3 is 0 Å². The average molecular weight is 285 g/mol. The van der Waals surface area contributed by atoms with Crippen molar-refractivity contribution in [3.63, 3.8) is 0 Å². The van der Waals surface area contributed by atoms with E-state index >= 15 is 0 Å². The summed E-state index contributed by atoms with van der Waals surface area (Å²) in [5.41, 5.74) is 5.77. The molecule has 0 atom stereocenters. The Labute approximate surface area is 123 Å². The van der Waals surface area contributed by atoms with Crippen LogP contribution in [0.1, 0.15) is 51.9 Å². The van der Waals surface area contributed by atoms with Gasteiger partial charge < -0.3 is 20.5 Å². The number of nitrogens with two attached hydrogens (primary N) is 1. The predicted molar refractivity (Wildman–Crippen MR) is 83.0 cm³/mol. The van der Waals surface area contributed by atoms with Gasteiger partial charge in [-0.25, -0.2) is 0 Å². The molecule has 3 N–H and O–H groups in total. The highest BCUT2D eigenvalue weighted by Crippen LogP contribution is 2.20. The molecule has 0 unspecified atom stereocenters. The monoisotopic (exact) mass is 285 g/mol. The van der Waals surface area contributed by atoms with Crippen LogP contribution in [0.4, 0.5) is 0 Å². The number of nitrogens with one attached hydrogen (secondary N) is 1. The van der Waals surface area contributed by atoms with Crippen LogP contribution in [-0.2, 0) is 9.47 Å². The molecule has 20 heavy (non-hydrogen) atoms. The minimum Gasteiger partial charge on any atom is -0.382 e. The Morgan fingerprint density at radius 2 is 2.00 bits per heavy atom. The third-order valence-corrected chi connectivity index (χ3v) is 3.47. The van der Waals surface area contributed by atoms with Gasteiger partial charge in [-0.3, -0.25) is 4.99 Å². The molecular weight excluding hydrogens is 254 g/mol. The summed E-state index contributed by atoms with van der Waals surface area (Å²) < 4.78 is 11.1. The Balaban J connectivity index is 1.90. The van der Waals surface area contributed by atoms with Gasteiger partial charge in [0.1, 0.15) is 0 Å². The minimum absolute atomic E-state index is 0.494. The number of aliphatic imine (C=N–C) groups is 1. The third kappa shape index (κ3) is 9.15. The SMILES string of the molecule is CCOCCCN=C(N)NCCCOC1CCCCC1. The molecule has 0 bridgehead atoms. The summed E-state index contributed by atoms with van der Waals surface area (Å²) in [7, 11) is 0. The topological polar surface area (TPSA) is 68.9 Å². The summed E-state index contributed by atoms with van der Waals surface area (Å²) in [5.74, 6) is 0.527. The molecular formula is C15H31N3O2. The van der Waals surface area contributed by atoms with Crippen molar-refractivity contribution in [3.8, 4) is 0 Å². The zero-order chi connectivity index (χ0) is 14.5. The fraction of sp³-hybridized carbons (Fsp3) is 0.933. The quantitative estimate of drug-likeness (QED) is 0.366. The maximum atomic E-state index is 5.85. The maximum Gasteiger partial charge on any atom is 0.188 e. The Morgan fingerprint density at radius 3 is 2.75 bits per heavy atom. The van der Waals surface area contributed by atoms with Crippen molar-refractivity contribution in [1.29, 1.82) is 0 Å². The van der Waals surface area contributed by atoms with Crippen LogP contribution < -0.4 is 11.1 Å². The molecule has 5 heteroatoms.